The first-order chi connectivity index (χ1) is 14.5. The minimum atomic E-state index is -0.243. The first-order valence-electron chi connectivity index (χ1n) is 9.91. The van der Waals surface area contributed by atoms with Gasteiger partial charge in [0.15, 0.2) is 0 Å². The highest BCUT2D eigenvalue weighted by Crippen LogP contribution is 2.38. The fourth-order valence-corrected chi connectivity index (χ4v) is 3.07. The summed E-state index contributed by atoms with van der Waals surface area (Å²) in [6.45, 7) is 4.75. The van der Waals surface area contributed by atoms with Crippen LogP contribution in [0.25, 0.3) is 5.82 Å². The van der Waals surface area contributed by atoms with Crippen LogP contribution in [-0.2, 0) is 11.3 Å². The van der Waals surface area contributed by atoms with Crippen LogP contribution in [0.4, 0.5) is 5.82 Å². The molecule has 10 nitrogen and oxygen atoms in total. The van der Waals surface area contributed by atoms with Crippen LogP contribution < -0.4 is 16.2 Å². The van der Waals surface area contributed by atoms with E-state index in [2.05, 4.69) is 30.6 Å². The lowest BCUT2D eigenvalue weighted by molar-refractivity contribution is -0.121. The van der Waals surface area contributed by atoms with Gasteiger partial charge in [-0.2, -0.15) is 0 Å². The summed E-state index contributed by atoms with van der Waals surface area (Å²) in [6, 6.07) is 3.35. The number of hydrogen-bond acceptors (Lipinski definition) is 7. The summed E-state index contributed by atoms with van der Waals surface area (Å²) in [6.07, 6.45) is 6.83. The number of aryl methyl sites for hydroxylation is 1. The minimum absolute atomic E-state index is 0.0479. The molecule has 30 heavy (non-hydrogen) atoms. The van der Waals surface area contributed by atoms with Crippen LogP contribution in [0.2, 0.25) is 0 Å². The Balaban J connectivity index is 1.26. The van der Waals surface area contributed by atoms with Crippen molar-refractivity contribution in [3.63, 3.8) is 0 Å². The van der Waals surface area contributed by atoms with E-state index >= 15 is 0 Å². The monoisotopic (exact) mass is 408 g/mol. The SMILES string of the molecule is Cc1ncn(-c2cc(NCCNC(=O)Cn3cnc(C4CC4)cc3=O)ncn2)c1C. The summed E-state index contributed by atoms with van der Waals surface area (Å²) in [5.74, 6) is 1.54. The Hall–Kier alpha value is -3.56. The number of carbonyl (C=O) groups is 1. The van der Waals surface area contributed by atoms with Crippen molar-refractivity contribution >= 4 is 11.7 Å². The molecule has 1 amide bonds. The Kier molecular flexibility index (Phi) is 5.55. The van der Waals surface area contributed by atoms with Crippen molar-refractivity contribution in [1.82, 2.24) is 34.4 Å². The lowest BCUT2D eigenvalue weighted by Crippen LogP contribution is -2.34. The van der Waals surface area contributed by atoms with Gasteiger partial charge in [-0.15, -0.1) is 0 Å². The van der Waals surface area contributed by atoms with Gasteiger partial charge in [-0.1, -0.05) is 0 Å². The number of amides is 1. The predicted octanol–water partition coefficient (Wildman–Crippen LogP) is 0.942. The third-order valence-electron chi connectivity index (χ3n) is 5.11. The van der Waals surface area contributed by atoms with E-state index in [9.17, 15) is 9.59 Å². The number of imidazole rings is 1. The average Bonchev–Trinajstić information content (AvgIpc) is 3.53. The van der Waals surface area contributed by atoms with Gasteiger partial charge in [0.25, 0.3) is 5.56 Å². The molecule has 0 saturated heterocycles. The zero-order valence-corrected chi connectivity index (χ0v) is 17.0. The third-order valence-corrected chi connectivity index (χ3v) is 5.11. The molecular weight excluding hydrogens is 384 g/mol. The zero-order chi connectivity index (χ0) is 21.1. The molecule has 3 aromatic rings. The predicted molar refractivity (Wildman–Crippen MR) is 111 cm³/mol. The van der Waals surface area contributed by atoms with Gasteiger partial charge in [-0.3, -0.25) is 18.7 Å². The number of carbonyl (C=O) groups excluding carboxylic acids is 1. The standard InChI is InChI=1S/C20H24N8O2/c1-13-14(2)28(12-25-13)18-8-17(23-10-24-18)21-5-6-22-19(29)9-27-11-26-16(7-20(27)30)15-3-4-15/h7-8,10-12,15H,3-6,9H2,1-2H3,(H,22,29)(H,21,23,24). The fraction of sp³-hybridized carbons (Fsp3) is 0.400. The summed E-state index contributed by atoms with van der Waals surface area (Å²) < 4.78 is 3.21. The van der Waals surface area contributed by atoms with E-state index in [1.54, 1.807) is 6.33 Å². The zero-order valence-electron chi connectivity index (χ0n) is 17.0. The van der Waals surface area contributed by atoms with Gasteiger partial charge in [0, 0.05) is 36.8 Å². The molecule has 0 unspecified atom stereocenters. The lowest BCUT2D eigenvalue weighted by atomic mass is 10.3. The molecule has 3 heterocycles. The van der Waals surface area contributed by atoms with E-state index in [4.69, 9.17) is 0 Å². The molecule has 2 N–H and O–H groups in total. The van der Waals surface area contributed by atoms with Crippen molar-refractivity contribution in [2.75, 3.05) is 18.4 Å². The molecule has 0 spiro atoms. The maximum atomic E-state index is 12.1. The summed E-state index contributed by atoms with van der Waals surface area (Å²) in [7, 11) is 0. The highest BCUT2D eigenvalue weighted by Gasteiger charge is 2.25. The van der Waals surface area contributed by atoms with Gasteiger partial charge in [0.2, 0.25) is 5.91 Å². The second-order valence-electron chi connectivity index (χ2n) is 7.38. The first-order valence-corrected chi connectivity index (χ1v) is 9.91. The normalized spacial score (nSPS) is 13.3. The summed E-state index contributed by atoms with van der Waals surface area (Å²) >= 11 is 0. The first kappa shape index (κ1) is 19.7. The maximum Gasteiger partial charge on any atom is 0.254 e. The van der Waals surface area contributed by atoms with Crippen molar-refractivity contribution in [3.05, 3.63) is 58.6 Å². The molecule has 156 valence electrons. The second-order valence-corrected chi connectivity index (χ2v) is 7.38. The molecule has 0 aliphatic heterocycles. The van der Waals surface area contributed by atoms with Crippen LogP contribution in [0, 0.1) is 13.8 Å². The summed E-state index contributed by atoms with van der Waals surface area (Å²) in [4.78, 5) is 41.3. The Morgan fingerprint density at radius 1 is 1.10 bits per heavy atom. The number of rotatable bonds is 8. The van der Waals surface area contributed by atoms with E-state index in [1.165, 1.54) is 23.3 Å². The second kappa shape index (κ2) is 8.44. The molecule has 1 aliphatic rings. The average molecular weight is 408 g/mol. The van der Waals surface area contributed by atoms with Crippen LogP contribution >= 0.6 is 0 Å². The topological polar surface area (TPSA) is 120 Å². The molecule has 1 aliphatic carbocycles. The van der Waals surface area contributed by atoms with E-state index in [1.807, 2.05) is 24.5 Å². The molecule has 3 aromatic heterocycles. The van der Waals surface area contributed by atoms with E-state index in [0.717, 1.165) is 35.7 Å². The van der Waals surface area contributed by atoms with E-state index in [-0.39, 0.29) is 18.0 Å². The molecule has 0 radical (unpaired) electrons. The van der Waals surface area contributed by atoms with Gasteiger partial charge in [-0.25, -0.2) is 19.9 Å². The number of hydrogen-bond donors (Lipinski definition) is 2. The number of aromatic nitrogens is 6. The summed E-state index contributed by atoms with van der Waals surface area (Å²) in [5.41, 5.74) is 2.59. The Morgan fingerprint density at radius 3 is 2.63 bits per heavy atom. The minimum Gasteiger partial charge on any atom is -0.368 e. The molecule has 1 saturated carbocycles. The van der Waals surface area contributed by atoms with Crippen molar-refractivity contribution < 1.29 is 4.79 Å². The van der Waals surface area contributed by atoms with E-state index in [0.29, 0.717) is 24.8 Å². The van der Waals surface area contributed by atoms with Gasteiger partial charge < -0.3 is 10.6 Å². The van der Waals surface area contributed by atoms with Crippen molar-refractivity contribution in [2.24, 2.45) is 0 Å². The Bertz CT molecular complexity index is 1120. The highest BCUT2D eigenvalue weighted by molar-refractivity contribution is 5.75. The van der Waals surface area contributed by atoms with Crippen molar-refractivity contribution in [3.8, 4) is 5.82 Å². The molecule has 4 rings (SSSR count). The largest absolute Gasteiger partial charge is 0.368 e. The van der Waals surface area contributed by atoms with Crippen LogP contribution in [0.5, 0.6) is 0 Å². The Morgan fingerprint density at radius 2 is 1.93 bits per heavy atom. The molecule has 0 aromatic carbocycles. The van der Waals surface area contributed by atoms with Crippen molar-refractivity contribution in [2.45, 2.75) is 39.2 Å². The van der Waals surface area contributed by atoms with Crippen molar-refractivity contribution in [1.29, 1.82) is 0 Å². The quantitative estimate of drug-likeness (QED) is 0.532. The van der Waals surface area contributed by atoms with Gasteiger partial charge in [0.05, 0.1) is 17.7 Å². The molecule has 0 atom stereocenters. The maximum absolute atomic E-state index is 12.1. The van der Waals surface area contributed by atoms with Gasteiger partial charge in [0.1, 0.15) is 30.8 Å². The summed E-state index contributed by atoms with van der Waals surface area (Å²) in [5, 5.41) is 5.95. The highest BCUT2D eigenvalue weighted by atomic mass is 16.2. The lowest BCUT2D eigenvalue weighted by Gasteiger charge is -2.10. The molecular formula is C20H24N8O2. The number of anilines is 1. The fourth-order valence-electron chi connectivity index (χ4n) is 3.07. The van der Waals surface area contributed by atoms with Gasteiger partial charge >= 0.3 is 0 Å². The third kappa shape index (κ3) is 4.53. The van der Waals surface area contributed by atoms with Gasteiger partial charge in [-0.05, 0) is 26.7 Å². The molecule has 1 fully saturated rings. The number of nitrogens with zero attached hydrogens (tertiary/aromatic N) is 6. The smallest absolute Gasteiger partial charge is 0.254 e. The Labute approximate surface area is 173 Å². The molecule has 0 bridgehead atoms. The molecule has 10 heteroatoms. The van der Waals surface area contributed by atoms with Crippen LogP contribution in [0.1, 0.15) is 35.8 Å². The van der Waals surface area contributed by atoms with Crippen LogP contribution in [0.15, 0.2) is 35.9 Å². The van der Waals surface area contributed by atoms with Crippen LogP contribution in [0.3, 0.4) is 0 Å². The van der Waals surface area contributed by atoms with E-state index < -0.39 is 0 Å². The van der Waals surface area contributed by atoms with Crippen LogP contribution in [-0.4, -0.2) is 48.1 Å². The number of nitrogens with one attached hydrogen (secondary N) is 2.